The Morgan fingerprint density at radius 1 is 1.14 bits per heavy atom. The summed E-state index contributed by atoms with van der Waals surface area (Å²) in [7, 11) is 0. The molecule has 2 fully saturated rings. The summed E-state index contributed by atoms with van der Waals surface area (Å²) in [5.74, 6) is -1.66. The quantitative estimate of drug-likeness (QED) is 0.828. The Labute approximate surface area is 130 Å². The van der Waals surface area contributed by atoms with Crippen LogP contribution in [0.4, 0.5) is 5.69 Å². The average Bonchev–Trinajstić information content (AvgIpc) is 3.17. The van der Waals surface area contributed by atoms with Gasteiger partial charge in [0.05, 0.1) is 0 Å². The summed E-state index contributed by atoms with van der Waals surface area (Å²) in [5.41, 5.74) is 2.14. The molecule has 2 saturated carbocycles. The number of carbonyl (C=O) groups excluding carboxylic acids is 2. The molecule has 22 heavy (non-hydrogen) atoms. The Kier molecular flexibility index (Phi) is 3.03. The smallest absolute Gasteiger partial charge is 0.231 e. The molecule has 2 bridgehead atoms. The summed E-state index contributed by atoms with van der Waals surface area (Å²) in [4.78, 5) is 26.6. The molecule has 116 valence electrons. The van der Waals surface area contributed by atoms with E-state index in [1.165, 1.54) is 5.56 Å². The van der Waals surface area contributed by atoms with E-state index in [2.05, 4.69) is 6.07 Å². The SMILES string of the molecule is C[C@H]1Cc2ccccc2N1C(=O)[C@@H]1[C@@H]2CC[C@H](C2)[C@@H]1C(=O)[O-]. The molecular weight excluding hydrogens is 278 g/mol. The first-order valence-corrected chi connectivity index (χ1v) is 8.19. The highest BCUT2D eigenvalue weighted by molar-refractivity contribution is 6.00. The van der Waals surface area contributed by atoms with Crippen molar-refractivity contribution in [1.82, 2.24) is 0 Å². The highest BCUT2D eigenvalue weighted by atomic mass is 16.4. The molecule has 1 aliphatic heterocycles. The number of hydrogen-bond donors (Lipinski definition) is 0. The van der Waals surface area contributed by atoms with Gasteiger partial charge in [-0.15, -0.1) is 0 Å². The van der Waals surface area contributed by atoms with Gasteiger partial charge in [0.15, 0.2) is 0 Å². The van der Waals surface area contributed by atoms with Crippen LogP contribution in [0.2, 0.25) is 0 Å². The van der Waals surface area contributed by atoms with Crippen LogP contribution >= 0.6 is 0 Å². The average molecular weight is 298 g/mol. The zero-order valence-corrected chi connectivity index (χ0v) is 12.7. The van der Waals surface area contributed by atoms with Crippen molar-refractivity contribution in [2.75, 3.05) is 4.90 Å². The Hall–Kier alpha value is -1.84. The molecule has 0 spiro atoms. The first-order chi connectivity index (χ1) is 10.6. The van der Waals surface area contributed by atoms with Gasteiger partial charge in [-0.25, -0.2) is 0 Å². The van der Waals surface area contributed by atoms with Crippen molar-refractivity contribution < 1.29 is 14.7 Å². The number of nitrogens with zero attached hydrogens (tertiary/aromatic N) is 1. The van der Waals surface area contributed by atoms with Gasteiger partial charge in [-0.05, 0) is 56.1 Å². The van der Waals surface area contributed by atoms with Gasteiger partial charge in [0, 0.05) is 29.5 Å². The van der Waals surface area contributed by atoms with Gasteiger partial charge in [0.1, 0.15) is 0 Å². The lowest BCUT2D eigenvalue weighted by atomic mass is 9.78. The van der Waals surface area contributed by atoms with Crippen molar-refractivity contribution in [3.05, 3.63) is 29.8 Å². The number of carboxylic acids is 1. The number of anilines is 1. The van der Waals surface area contributed by atoms with Crippen molar-refractivity contribution in [2.24, 2.45) is 23.7 Å². The number of carbonyl (C=O) groups is 2. The molecular formula is C18H20NO3-. The van der Waals surface area contributed by atoms with Gasteiger partial charge in [-0.1, -0.05) is 18.2 Å². The largest absolute Gasteiger partial charge is 0.550 e. The maximum Gasteiger partial charge on any atom is 0.231 e. The molecule has 1 aromatic carbocycles. The maximum absolute atomic E-state index is 13.2. The number of rotatable bonds is 2. The standard InChI is InChI=1S/C18H21NO3/c1-10-8-11-4-2-3-5-14(11)19(10)17(20)15-12-6-7-13(9-12)16(15)18(21)22/h2-5,10,12-13,15-16H,6-9H2,1H3,(H,21,22)/p-1/t10-,12+,13+,15+,16-/m0/s1. The van der Waals surface area contributed by atoms with Gasteiger partial charge >= 0.3 is 0 Å². The van der Waals surface area contributed by atoms with Crippen LogP contribution in [0.25, 0.3) is 0 Å². The zero-order valence-electron chi connectivity index (χ0n) is 12.7. The van der Waals surface area contributed by atoms with E-state index in [1.54, 1.807) is 0 Å². The topological polar surface area (TPSA) is 60.4 Å². The second-order valence-corrected chi connectivity index (χ2v) is 7.09. The van der Waals surface area contributed by atoms with Crippen LogP contribution in [0.3, 0.4) is 0 Å². The molecule has 0 radical (unpaired) electrons. The van der Waals surface area contributed by atoms with Crippen LogP contribution in [0, 0.1) is 23.7 Å². The van der Waals surface area contributed by atoms with E-state index in [1.807, 2.05) is 30.0 Å². The summed E-state index contributed by atoms with van der Waals surface area (Å²) >= 11 is 0. The lowest BCUT2D eigenvalue weighted by Gasteiger charge is -2.35. The predicted octanol–water partition coefficient (Wildman–Crippen LogP) is 1.38. The molecule has 0 saturated heterocycles. The van der Waals surface area contributed by atoms with Crippen molar-refractivity contribution in [3.63, 3.8) is 0 Å². The van der Waals surface area contributed by atoms with Crippen molar-refractivity contribution in [3.8, 4) is 0 Å². The summed E-state index contributed by atoms with van der Waals surface area (Å²) in [5, 5.41) is 11.6. The van der Waals surface area contributed by atoms with Gasteiger partial charge in [-0.3, -0.25) is 4.79 Å². The summed E-state index contributed by atoms with van der Waals surface area (Å²) in [6.07, 6.45) is 3.63. The van der Waals surface area contributed by atoms with Crippen molar-refractivity contribution in [1.29, 1.82) is 0 Å². The van der Waals surface area contributed by atoms with Crippen molar-refractivity contribution >= 4 is 17.6 Å². The third kappa shape index (κ3) is 1.82. The van der Waals surface area contributed by atoms with Gasteiger partial charge in [-0.2, -0.15) is 0 Å². The Balaban J connectivity index is 1.68. The maximum atomic E-state index is 13.2. The fourth-order valence-electron chi connectivity index (χ4n) is 5.05. The number of para-hydroxylation sites is 1. The minimum atomic E-state index is -1.04. The van der Waals surface area contributed by atoms with E-state index in [0.717, 1.165) is 31.4 Å². The Morgan fingerprint density at radius 3 is 2.55 bits per heavy atom. The van der Waals surface area contributed by atoms with Crippen LogP contribution < -0.4 is 10.0 Å². The highest BCUT2D eigenvalue weighted by Crippen LogP contribution is 2.53. The normalized spacial score (nSPS) is 35.7. The number of aliphatic carboxylic acids is 1. The monoisotopic (exact) mass is 298 g/mol. The van der Waals surface area contributed by atoms with Crippen LogP contribution in [0.5, 0.6) is 0 Å². The van der Waals surface area contributed by atoms with E-state index >= 15 is 0 Å². The number of benzene rings is 1. The molecule has 0 N–H and O–H groups in total. The second kappa shape index (κ2) is 4.83. The van der Waals surface area contributed by atoms with E-state index in [0.29, 0.717) is 0 Å². The van der Waals surface area contributed by atoms with Gasteiger partial charge in [0.2, 0.25) is 5.91 Å². The number of hydrogen-bond acceptors (Lipinski definition) is 3. The summed E-state index contributed by atoms with van der Waals surface area (Å²) in [6, 6.07) is 8.05. The van der Waals surface area contributed by atoms with Crippen LogP contribution in [0.1, 0.15) is 31.7 Å². The third-order valence-corrected chi connectivity index (χ3v) is 5.92. The molecule has 5 atom stereocenters. The molecule has 4 rings (SSSR count). The first-order valence-electron chi connectivity index (χ1n) is 8.19. The lowest BCUT2D eigenvalue weighted by Crippen LogP contribution is -2.48. The second-order valence-electron chi connectivity index (χ2n) is 7.09. The molecule has 0 aromatic heterocycles. The number of carboxylic acid groups (broad SMARTS) is 1. The van der Waals surface area contributed by atoms with E-state index in [4.69, 9.17) is 0 Å². The highest BCUT2D eigenvalue weighted by Gasteiger charge is 2.53. The molecule has 2 aliphatic carbocycles. The third-order valence-electron chi connectivity index (χ3n) is 5.92. The van der Waals surface area contributed by atoms with E-state index in [9.17, 15) is 14.7 Å². The molecule has 1 amide bonds. The van der Waals surface area contributed by atoms with E-state index < -0.39 is 17.8 Å². The predicted molar refractivity (Wildman–Crippen MR) is 79.9 cm³/mol. The Morgan fingerprint density at radius 2 is 1.82 bits per heavy atom. The van der Waals surface area contributed by atoms with Crippen LogP contribution in [0.15, 0.2) is 24.3 Å². The number of fused-ring (bicyclic) bond motifs is 3. The molecule has 4 nitrogen and oxygen atoms in total. The lowest BCUT2D eigenvalue weighted by molar-refractivity contribution is -0.314. The molecule has 1 heterocycles. The van der Waals surface area contributed by atoms with E-state index in [-0.39, 0.29) is 23.8 Å². The zero-order chi connectivity index (χ0) is 15.4. The minimum absolute atomic E-state index is 0.00106. The Bertz CT molecular complexity index is 641. The molecule has 1 aromatic rings. The van der Waals surface area contributed by atoms with Crippen LogP contribution in [-0.4, -0.2) is 17.9 Å². The van der Waals surface area contributed by atoms with Crippen molar-refractivity contribution in [2.45, 2.75) is 38.6 Å². The summed E-state index contributed by atoms with van der Waals surface area (Å²) in [6.45, 7) is 2.04. The molecule has 0 unspecified atom stereocenters. The van der Waals surface area contributed by atoms with Gasteiger partial charge in [0.25, 0.3) is 0 Å². The molecule has 4 heteroatoms. The minimum Gasteiger partial charge on any atom is -0.550 e. The number of amides is 1. The molecule has 3 aliphatic rings. The summed E-state index contributed by atoms with van der Waals surface area (Å²) < 4.78 is 0. The van der Waals surface area contributed by atoms with Crippen LogP contribution in [-0.2, 0) is 16.0 Å². The van der Waals surface area contributed by atoms with Gasteiger partial charge < -0.3 is 14.8 Å². The fourth-order valence-corrected chi connectivity index (χ4v) is 5.05. The first kappa shape index (κ1) is 13.8. The fraction of sp³-hybridized carbons (Fsp3) is 0.556.